The van der Waals surface area contributed by atoms with E-state index in [1.807, 2.05) is 0 Å². The van der Waals surface area contributed by atoms with Crippen LogP contribution < -0.4 is 0 Å². The zero-order valence-electron chi connectivity index (χ0n) is 12.7. The van der Waals surface area contributed by atoms with Gasteiger partial charge in [-0.25, -0.2) is 0 Å². The van der Waals surface area contributed by atoms with Crippen molar-refractivity contribution in [3.63, 3.8) is 0 Å². The lowest BCUT2D eigenvalue weighted by Crippen LogP contribution is -2.28. The van der Waals surface area contributed by atoms with E-state index in [0.29, 0.717) is 5.92 Å². The van der Waals surface area contributed by atoms with E-state index in [-0.39, 0.29) is 17.5 Å². The Kier molecular flexibility index (Phi) is 4.17. The van der Waals surface area contributed by atoms with Crippen LogP contribution in [0.4, 0.5) is 0 Å². The fraction of sp³-hybridized carbons (Fsp3) is 0.706. The summed E-state index contributed by atoms with van der Waals surface area (Å²) >= 11 is 0. The van der Waals surface area contributed by atoms with Crippen molar-refractivity contribution in [1.82, 2.24) is 0 Å². The summed E-state index contributed by atoms with van der Waals surface area (Å²) in [6.07, 6.45) is 9.90. The zero-order chi connectivity index (χ0) is 14.0. The van der Waals surface area contributed by atoms with Gasteiger partial charge in [0.15, 0.2) is 0 Å². The average molecular weight is 262 g/mol. The number of rotatable bonds is 6. The van der Waals surface area contributed by atoms with Gasteiger partial charge in [-0.2, -0.15) is 0 Å². The van der Waals surface area contributed by atoms with Crippen molar-refractivity contribution in [2.75, 3.05) is 0 Å². The first-order valence-electron chi connectivity index (χ1n) is 7.44. The van der Waals surface area contributed by atoms with Gasteiger partial charge in [0.1, 0.15) is 5.60 Å². The molecule has 0 N–H and O–H groups in total. The molecule has 2 rings (SSSR count). The summed E-state index contributed by atoms with van der Waals surface area (Å²) in [4.78, 5) is 11.5. The Bertz CT molecular complexity index is 415. The zero-order valence-corrected chi connectivity index (χ0v) is 12.7. The highest BCUT2D eigenvalue weighted by Gasteiger charge is 2.62. The Labute approximate surface area is 116 Å². The van der Waals surface area contributed by atoms with E-state index in [9.17, 15) is 4.79 Å². The molecule has 1 saturated carbocycles. The van der Waals surface area contributed by atoms with Gasteiger partial charge in [-0.1, -0.05) is 23.3 Å². The summed E-state index contributed by atoms with van der Waals surface area (Å²) in [5.74, 6) is 0.767. The Morgan fingerprint density at radius 1 is 1.32 bits per heavy atom. The molecule has 2 aliphatic rings. The predicted octanol–water partition coefficient (Wildman–Crippen LogP) is 4.41. The predicted molar refractivity (Wildman–Crippen MR) is 77.8 cm³/mol. The molecule has 3 unspecified atom stereocenters. The van der Waals surface area contributed by atoms with Crippen molar-refractivity contribution in [3.8, 4) is 0 Å². The highest BCUT2D eigenvalue weighted by Crippen LogP contribution is 2.56. The molecule has 2 heteroatoms. The van der Waals surface area contributed by atoms with Gasteiger partial charge in [-0.3, -0.25) is 4.79 Å². The van der Waals surface area contributed by atoms with Crippen molar-refractivity contribution in [3.05, 3.63) is 23.3 Å². The topological polar surface area (TPSA) is 26.3 Å². The van der Waals surface area contributed by atoms with E-state index in [2.05, 4.69) is 39.8 Å². The summed E-state index contributed by atoms with van der Waals surface area (Å²) in [5, 5.41) is 0. The van der Waals surface area contributed by atoms with E-state index < -0.39 is 0 Å². The summed E-state index contributed by atoms with van der Waals surface area (Å²) in [7, 11) is 0. The molecule has 106 valence electrons. The number of hydrogen-bond donors (Lipinski definition) is 0. The molecule has 1 heterocycles. The van der Waals surface area contributed by atoms with Crippen LogP contribution in [-0.2, 0) is 9.53 Å². The van der Waals surface area contributed by atoms with Crippen LogP contribution in [0.15, 0.2) is 23.3 Å². The second-order valence-corrected chi connectivity index (χ2v) is 6.59. The lowest BCUT2D eigenvalue weighted by Gasteiger charge is -2.24. The van der Waals surface area contributed by atoms with Crippen molar-refractivity contribution < 1.29 is 9.53 Å². The number of esters is 1. The minimum Gasteiger partial charge on any atom is -0.459 e. The molecule has 0 spiro atoms. The molecule has 1 aliphatic heterocycles. The smallest absolute Gasteiger partial charge is 0.309 e. The maximum Gasteiger partial charge on any atom is 0.309 e. The fourth-order valence-electron chi connectivity index (χ4n) is 3.04. The molecule has 0 aromatic carbocycles. The molecule has 2 nitrogen and oxygen atoms in total. The fourth-order valence-corrected chi connectivity index (χ4v) is 3.04. The average Bonchev–Trinajstić information content (AvgIpc) is 3.04. The first-order chi connectivity index (χ1) is 8.92. The Morgan fingerprint density at radius 2 is 2.05 bits per heavy atom. The molecular formula is C17H26O2. The second kappa shape index (κ2) is 5.52. The van der Waals surface area contributed by atoms with E-state index in [0.717, 1.165) is 32.1 Å². The number of hydrogen-bond acceptors (Lipinski definition) is 2. The third-order valence-corrected chi connectivity index (χ3v) is 4.44. The summed E-state index contributed by atoms with van der Waals surface area (Å²) in [6, 6.07) is 0. The highest BCUT2D eigenvalue weighted by molar-refractivity contribution is 5.79. The molecule has 0 aromatic heterocycles. The van der Waals surface area contributed by atoms with Crippen LogP contribution in [0.3, 0.4) is 0 Å². The second-order valence-electron chi connectivity index (χ2n) is 6.59. The third kappa shape index (κ3) is 3.49. The Balaban J connectivity index is 1.74. The molecule has 3 atom stereocenters. The van der Waals surface area contributed by atoms with Gasteiger partial charge in [-0.05, 0) is 59.8 Å². The Hall–Kier alpha value is -1.05. The summed E-state index contributed by atoms with van der Waals surface area (Å²) in [6.45, 7) is 8.58. The normalized spacial score (nSPS) is 32.8. The molecule has 0 radical (unpaired) electrons. The van der Waals surface area contributed by atoms with Gasteiger partial charge in [-0.15, -0.1) is 0 Å². The molecule has 0 amide bonds. The largest absolute Gasteiger partial charge is 0.459 e. The van der Waals surface area contributed by atoms with Gasteiger partial charge < -0.3 is 4.74 Å². The highest BCUT2D eigenvalue weighted by atomic mass is 16.6. The SMILES string of the molecule is CC(C)=CCCC(C)=CCCC1(C)OC(=O)C2CC21. The van der Waals surface area contributed by atoms with E-state index >= 15 is 0 Å². The first-order valence-corrected chi connectivity index (χ1v) is 7.44. The molecule has 1 saturated heterocycles. The number of cyclic esters (lactones) is 1. The molecule has 2 fully saturated rings. The molecule has 0 aromatic rings. The first kappa shape index (κ1) is 14.4. The molecule has 0 bridgehead atoms. The van der Waals surface area contributed by atoms with E-state index in [1.165, 1.54) is 11.1 Å². The van der Waals surface area contributed by atoms with Crippen molar-refractivity contribution >= 4 is 5.97 Å². The monoisotopic (exact) mass is 262 g/mol. The van der Waals surface area contributed by atoms with Crippen molar-refractivity contribution in [2.24, 2.45) is 11.8 Å². The summed E-state index contributed by atoms with van der Waals surface area (Å²) in [5.41, 5.74) is 2.65. The number of fused-ring (bicyclic) bond motifs is 1. The molecular weight excluding hydrogens is 236 g/mol. The van der Waals surface area contributed by atoms with Crippen LogP contribution in [-0.4, -0.2) is 11.6 Å². The maximum absolute atomic E-state index is 11.5. The minimum atomic E-state index is -0.182. The number of carbonyl (C=O) groups is 1. The van der Waals surface area contributed by atoms with Gasteiger partial charge in [0.05, 0.1) is 5.92 Å². The number of ether oxygens (including phenoxy) is 1. The standard InChI is InChI=1S/C17H26O2/c1-12(2)7-5-8-13(3)9-6-10-17(4)15-11-14(15)16(18)19-17/h7,9,14-15H,5-6,8,10-11H2,1-4H3. The molecule has 1 aliphatic carbocycles. The maximum atomic E-state index is 11.5. The van der Waals surface area contributed by atoms with E-state index in [4.69, 9.17) is 4.74 Å². The van der Waals surface area contributed by atoms with Crippen LogP contribution >= 0.6 is 0 Å². The van der Waals surface area contributed by atoms with E-state index in [1.54, 1.807) is 0 Å². The summed E-state index contributed by atoms with van der Waals surface area (Å²) < 4.78 is 5.53. The van der Waals surface area contributed by atoms with Gasteiger partial charge >= 0.3 is 5.97 Å². The van der Waals surface area contributed by atoms with Crippen molar-refractivity contribution in [2.45, 2.75) is 65.4 Å². The van der Waals surface area contributed by atoms with Crippen LogP contribution in [0.2, 0.25) is 0 Å². The van der Waals surface area contributed by atoms with Crippen LogP contribution in [0.25, 0.3) is 0 Å². The third-order valence-electron chi connectivity index (χ3n) is 4.44. The van der Waals surface area contributed by atoms with Gasteiger partial charge in [0.25, 0.3) is 0 Å². The Morgan fingerprint density at radius 3 is 2.58 bits per heavy atom. The quantitative estimate of drug-likeness (QED) is 0.523. The van der Waals surface area contributed by atoms with Crippen LogP contribution in [0.1, 0.15) is 59.8 Å². The van der Waals surface area contributed by atoms with Gasteiger partial charge in [0, 0.05) is 5.92 Å². The van der Waals surface area contributed by atoms with Gasteiger partial charge in [0.2, 0.25) is 0 Å². The van der Waals surface area contributed by atoms with Crippen LogP contribution in [0, 0.1) is 11.8 Å². The molecule has 19 heavy (non-hydrogen) atoms. The lowest BCUT2D eigenvalue weighted by molar-refractivity contribution is -0.152. The van der Waals surface area contributed by atoms with Crippen molar-refractivity contribution in [1.29, 1.82) is 0 Å². The number of carbonyl (C=O) groups excluding carboxylic acids is 1. The minimum absolute atomic E-state index is 0.0387. The lowest BCUT2D eigenvalue weighted by atomic mass is 9.93. The number of allylic oxidation sites excluding steroid dienone is 4. The van der Waals surface area contributed by atoms with Crippen LogP contribution in [0.5, 0.6) is 0 Å².